The van der Waals surface area contributed by atoms with Gasteiger partial charge in [-0.2, -0.15) is 12.9 Å². The molecule has 3 heterocycles. The van der Waals surface area contributed by atoms with Crippen LogP contribution in [0.25, 0.3) is 0 Å². The number of imide groups is 3. The zero-order valence-corrected chi connectivity index (χ0v) is 17.7. The Balaban J connectivity index is 2.30. The van der Waals surface area contributed by atoms with Crippen LogP contribution < -0.4 is 0 Å². The molecule has 0 saturated carbocycles. The van der Waals surface area contributed by atoms with E-state index in [4.69, 9.17) is 0 Å². The van der Waals surface area contributed by atoms with E-state index in [1.165, 1.54) is 0 Å². The third-order valence-electron chi connectivity index (χ3n) is 4.37. The summed E-state index contributed by atoms with van der Waals surface area (Å²) in [6.45, 7) is 0. The van der Waals surface area contributed by atoms with E-state index in [-0.39, 0.29) is 0 Å². The normalized spacial score (nSPS) is 21.4. The van der Waals surface area contributed by atoms with E-state index in [1.54, 1.807) is 0 Å². The maximum Gasteiger partial charge on any atom is 0.241 e. The third kappa shape index (κ3) is 3.33. The third-order valence-corrected chi connectivity index (χ3v) is 12.1. The zero-order chi connectivity index (χ0) is 23.5. The SMILES string of the molecule is O=C1CCC(=O)N1S(=O)(=O)[C-](S(=O)(=O)N1C(=O)CCC1=O)S(=O)(=O)N1C(=O)CCC1=O. The fourth-order valence-electron chi connectivity index (χ4n) is 3.10. The molecule has 0 aliphatic carbocycles. The summed E-state index contributed by atoms with van der Waals surface area (Å²) in [5.41, 5.74) is 0. The molecule has 0 spiro atoms. The number of hydrogen-bond donors (Lipinski definition) is 0. The highest BCUT2D eigenvalue weighted by Gasteiger charge is 2.54. The molecule has 0 aromatic carbocycles. The van der Waals surface area contributed by atoms with Crippen molar-refractivity contribution in [1.29, 1.82) is 0 Å². The van der Waals surface area contributed by atoms with Crippen molar-refractivity contribution in [2.45, 2.75) is 38.5 Å². The van der Waals surface area contributed by atoms with Gasteiger partial charge in [-0.15, -0.1) is 0 Å². The molecule has 3 aliphatic heterocycles. The predicted octanol–water partition coefficient (Wildman–Crippen LogP) is -3.13. The number of nitrogens with zero attached hydrogens (tertiary/aromatic N) is 3. The van der Waals surface area contributed by atoms with E-state index in [9.17, 15) is 54.0 Å². The van der Waals surface area contributed by atoms with Gasteiger partial charge in [0, 0.05) is 38.5 Å². The van der Waals surface area contributed by atoms with Gasteiger partial charge in [0.2, 0.25) is 35.4 Å². The Bertz CT molecular complexity index is 1060. The summed E-state index contributed by atoms with van der Waals surface area (Å²) in [7, 11) is -18.3. The van der Waals surface area contributed by atoms with Crippen molar-refractivity contribution in [2.75, 3.05) is 0 Å². The van der Waals surface area contributed by atoms with Crippen LogP contribution in [-0.2, 0) is 58.8 Å². The summed E-state index contributed by atoms with van der Waals surface area (Å²) in [6, 6.07) is 0. The average molecular weight is 498 g/mol. The highest BCUT2D eigenvalue weighted by molar-refractivity contribution is 8.27. The molecule has 0 aromatic rings. The standard InChI is InChI=1S/C13H12N3O12S3/c17-7-1-2-8(18)14(7)29(23,24)13(30(25,26)15-9(19)3-4-10(15)20)31(27,28)16-11(21)5-6-12(16)22/h1-6H2/q-1. The second kappa shape index (κ2) is 7.16. The Morgan fingerprint density at radius 2 is 0.581 bits per heavy atom. The smallest absolute Gasteiger partial charge is 0.241 e. The van der Waals surface area contributed by atoms with Crippen molar-refractivity contribution in [2.24, 2.45) is 0 Å². The molecule has 0 aromatic heterocycles. The van der Waals surface area contributed by atoms with Gasteiger partial charge in [-0.1, -0.05) is 0 Å². The molecule has 31 heavy (non-hydrogen) atoms. The first-order valence-corrected chi connectivity index (χ1v) is 12.7. The van der Waals surface area contributed by atoms with Crippen LogP contribution in [0.5, 0.6) is 0 Å². The van der Waals surface area contributed by atoms with E-state index >= 15 is 0 Å². The molecular weight excluding hydrogens is 486 g/mol. The van der Waals surface area contributed by atoms with Crippen LogP contribution in [0.3, 0.4) is 0 Å². The summed E-state index contributed by atoms with van der Waals surface area (Å²) < 4.78 is 73.3. The van der Waals surface area contributed by atoms with Gasteiger partial charge in [0.25, 0.3) is 0 Å². The molecule has 170 valence electrons. The highest BCUT2D eigenvalue weighted by atomic mass is 32.3. The quantitative estimate of drug-likeness (QED) is 0.262. The second-order valence-electron chi connectivity index (χ2n) is 6.42. The van der Waals surface area contributed by atoms with Gasteiger partial charge in [0.05, 0.1) is 0 Å². The number of sulfonamides is 3. The molecule has 3 saturated heterocycles. The molecule has 0 atom stereocenters. The van der Waals surface area contributed by atoms with Crippen molar-refractivity contribution in [1.82, 2.24) is 12.9 Å². The minimum Gasteiger partial charge on any atom is -0.273 e. The Morgan fingerprint density at radius 1 is 0.419 bits per heavy atom. The number of carbonyl (C=O) groups excluding carboxylic acids is 6. The summed E-state index contributed by atoms with van der Waals surface area (Å²) >= 11 is 0. The molecule has 0 bridgehead atoms. The molecule has 0 unspecified atom stereocenters. The Hall–Kier alpha value is -2.73. The van der Waals surface area contributed by atoms with Crippen molar-refractivity contribution < 1.29 is 54.0 Å². The maximum absolute atomic E-state index is 13.0. The lowest BCUT2D eigenvalue weighted by molar-refractivity contribution is -0.133. The first-order chi connectivity index (χ1) is 14.1. The van der Waals surface area contributed by atoms with Crippen molar-refractivity contribution >= 4 is 65.5 Å². The van der Waals surface area contributed by atoms with Crippen LogP contribution in [0.1, 0.15) is 38.5 Å². The first kappa shape index (κ1) is 22.9. The van der Waals surface area contributed by atoms with Gasteiger partial charge in [-0.05, 0) is 0 Å². The van der Waals surface area contributed by atoms with E-state index in [1.807, 2.05) is 0 Å². The molecule has 15 nitrogen and oxygen atoms in total. The number of amides is 6. The van der Waals surface area contributed by atoms with Crippen LogP contribution in [-0.4, -0.2) is 73.6 Å². The second-order valence-corrected chi connectivity index (χ2v) is 12.4. The Morgan fingerprint density at radius 3 is 0.742 bits per heavy atom. The number of hydrogen-bond acceptors (Lipinski definition) is 12. The topological polar surface area (TPSA) is 215 Å². The summed E-state index contributed by atoms with van der Waals surface area (Å²) in [5, 5.41) is 0. The Kier molecular flexibility index (Phi) is 5.30. The molecule has 3 fully saturated rings. The monoisotopic (exact) mass is 498 g/mol. The largest absolute Gasteiger partial charge is 0.273 e. The van der Waals surface area contributed by atoms with E-state index < -0.39 is 121 Å². The van der Waals surface area contributed by atoms with Crippen molar-refractivity contribution in [3.63, 3.8) is 0 Å². The average Bonchev–Trinajstić information content (AvgIpc) is 3.24. The first-order valence-electron chi connectivity index (χ1n) is 8.35. The maximum atomic E-state index is 13.0. The van der Waals surface area contributed by atoms with Gasteiger partial charge >= 0.3 is 0 Å². The van der Waals surface area contributed by atoms with Crippen LogP contribution in [0.2, 0.25) is 0 Å². The van der Waals surface area contributed by atoms with E-state index in [0.29, 0.717) is 0 Å². The fourth-order valence-corrected chi connectivity index (χ4v) is 10.2. The minimum absolute atomic E-state index is 0.631. The van der Waals surface area contributed by atoms with Crippen molar-refractivity contribution in [3.8, 4) is 0 Å². The molecular formula is C13H12N3O12S3-. The number of carbonyl (C=O) groups is 6. The van der Waals surface area contributed by atoms with Crippen LogP contribution >= 0.6 is 0 Å². The zero-order valence-electron chi connectivity index (χ0n) is 15.2. The van der Waals surface area contributed by atoms with Gasteiger partial charge in [0.15, 0.2) is 0 Å². The molecule has 6 amide bonds. The van der Waals surface area contributed by atoms with Gasteiger partial charge in [-0.25, -0.2) is 25.3 Å². The molecule has 0 N–H and O–H groups in total. The summed E-state index contributed by atoms with van der Waals surface area (Å²) in [4.78, 5) is 71.5. The fraction of sp³-hybridized carbons (Fsp3) is 0.462. The number of rotatable bonds is 6. The lowest BCUT2D eigenvalue weighted by atomic mass is 10.4. The molecule has 3 aliphatic rings. The van der Waals surface area contributed by atoms with Gasteiger partial charge < -0.3 is 0 Å². The Labute approximate surface area is 175 Å². The lowest BCUT2D eigenvalue weighted by Crippen LogP contribution is -2.53. The van der Waals surface area contributed by atoms with Crippen molar-refractivity contribution in [3.05, 3.63) is 3.91 Å². The molecule has 18 heteroatoms. The van der Waals surface area contributed by atoms with Crippen LogP contribution in [0, 0.1) is 3.91 Å². The van der Waals surface area contributed by atoms with E-state index in [0.717, 1.165) is 0 Å². The lowest BCUT2D eigenvalue weighted by Gasteiger charge is -2.36. The molecule has 0 radical (unpaired) electrons. The van der Waals surface area contributed by atoms with E-state index in [2.05, 4.69) is 0 Å². The van der Waals surface area contributed by atoms with Gasteiger partial charge in [0.1, 0.15) is 34.0 Å². The molecule has 3 rings (SSSR count). The predicted molar refractivity (Wildman–Crippen MR) is 93.3 cm³/mol. The summed E-state index contributed by atoms with van der Waals surface area (Å²) in [5.74, 6) is -8.88. The highest BCUT2D eigenvalue weighted by Crippen LogP contribution is 2.38. The minimum atomic E-state index is -6.10. The van der Waals surface area contributed by atoms with Crippen LogP contribution in [0.4, 0.5) is 0 Å². The summed E-state index contributed by atoms with van der Waals surface area (Å²) in [6.07, 6.45) is -4.20. The van der Waals surface area contributed by atoms with Crippen LogP contribution in [0.15, 0.2) is 0 Å². The van der Waals surface area contributed by atoms with Gasteiger partial charge in [-0.3, -0.25) is 28.8 Å².